The molecule has 7 heteroatoms. The van der Waals surface area contributed by atoms with Gasteiger partial charge in [0, 0.05) is 10.5 Å². The SMILES string of the molecule is CC(C)CC(NC(=O)c1ccc2c(c1)NC(=O)C(C)S2)C(=O)O. The highest BCUT2D eigenvalue weighted by Crippen LogP contribution is 2.35. The molecule has 1 aromatic rings. The Morgan fingerprint density at radius 1 is 1.39 bits per heavy atom. The smallest absolute Gasteiger partial charge is 0.326 e. The molecule has 0 aliphatic carbocycles. The van der Waals surface area contributed by atoms with Crippen molar-refractivity contribution in [2.24, 2.45) is 5.92 Å². The molecule has 1 aromatic carbocycles. The largest absolute Gasteiger partial charge is 0.480 e. The van der Waals surface area contributed by atoms with Gasteiger partial charge in [-0.3, -0.25) is 9.59 Å². The lowest BCUT2D eigenvalue weighted by molar-refractivity contribution is -0.139. The molecule has 3 N–H and O–H groups in total. The molecule has 0 aromatic heterocycles. The van der Waals surface area contributed by atoms with Crippen molar-refractivity contribution in [1.29, 1.82) is 0 Å². The van der Waals surface area contributed by atoms with Crippen LogP contribution in [0.15, 0.2) is 23.1 Å². The van der Waals surface area contributed by atoms with Gasteiger partial charge >= 0.3 is 5.97 Å². The first kappa shape index (κ1) is 17.3. The third-order valence-electron chi connectivity index (χ3n) is 3.48. The molecule has 1 aliphatic rings. The van der Waals surface area contributed by atoms with Gasteiger partial charge in [0.2, 0.25) is 5.91 Å². The number of nitrogens with one attached hydrogen (secondary N) is 2. The number of carbonyl (C=O) groups is 3. The summed E-state index contributed by atoms with van der Waals surface area (Å²) in [5.74, 6) is -1.47. The first-order valence-corrected chi connectivity index (χ1v) is 8.31. The zero-order valence-corrected chi connectivity index (χ0v) is 14.1. The van der Waals surface area contributed by atoms with Crippen LogP contribution in [0.1, 0.15) is 37.6 Å². The van der Waals surface area contributed by atoms with Gasteiger partial charge in [-0.1, -0.05) is 13.8 Å². The van der Waals surface area contributed by atoms with Gasteiger partial charge in [-0.2, -0.15) is 0 Å². The maximum atomic E-state index is 12.3. The summed E-state index contributed by atoms with van der Waals surface area (Å²) in [6.07, 6.45) is 0.357. The van der Waals surface area contributed by atoms with Crippen LogP contribution in [-0.4, -0.2) is 34.2 Å². The molecule has 1 heterocycles. The summed E-state index contributed by atoms with van der Waals surface area (Å²) >= 11 is 1.43. The zero-order chi connectivity index (χ0) is 17.1. The van der Waals surface area contributed by atoms with Crippen molar-refractivity contribution in [3.8, 4) is 0 Å². The quantitative estimate of drug-likeness (QED) is 0.767. The highest BCUT2D eigenvalue weighted by Gasteiger charge is 2.25. The van der Waals surface area contributed by atoms with Gasteiger partial charge in [-0.25, -0.2) is 4.79 Å². The molecule has 2 atom stereocenters. The molecule has 0 saturated carbocycles. The first-order chi connectivity index (χ1) is 10.8. The van der Waals surface area contributed by atoms with Crippen LogP contribution in [0.2, 0.25) is 0 Å². The Morgan fingerprint density at radius 2 is 2.09 bits per heavy atom. The molecule has 124 valence electrons. The van der Waals surface area contributed by atoms with Crippen LogP contribution in [0.4, 0.5) is 5.69 Å². The molecule has 0 bridgehead atoms. The number of anilines is 1. The number of carbonyl (C=O) groups excluding carboxylic acids is 2. The molecule has 2 rings (SSSR count). The molecule has 0 fully saturated rings. The fourth-order valence-electron chi connectivity index (χ4n) is 2.28. The minimum absolute atomic E-state index is 0.108. The Hall–Kier alpha value is -2.02. The lowest BCUT2D eigenvalue weighted by Gasteiger charge is -2.22. The van der Waals surface area contributed by atoms with Crippen molar-refractivity contribution in [2.75, 3.05) is 5.32 Å². The number of aliphatic carboxylic acids is 1. The van der Waals surface area contributed by atoms with E-state index in [1.807, 2.05) is 20.8 Å². The minimum atomic E-state index is -1.05. The van der Waals surface area contributed by atoms with E-state index in [0.29, 0.717) is 17.7 Å². The molecular weight excluding hydrogens is 316 g/mol. The number of thioether (sulfide) groups is 1. The van der Waals surface area contributed by atoms with Crippen LogP contribution in [0, 0.1) is 5.92 Å². The lowest BCUT2D eigenvalue weighted by Crippen LogP contribution is -2.41. The third-order valence-corrected chi connectivity index (χ3v) is 4.66. The number of carboxylic acid groups (broad SMARTS) is 1. The van der Waals surface area contributed by atoms with E-state index in [9.17, 15) is 19.5 Å². The van der Waals surface area contributed by atoms with Gasteiger partial charge < -0.3 is 15.7 Å². The molecule has 0 radical (unpaired) electrons. The Labute approximate surface area is 139 Å². The molecule has 6 nitrogen and oxygen atoms in total. The normalized spacial score (nSPS) is 18.1. The Bertz CT molecular complexity index is 645. The van der Waals surface area contributed by atoms with E-state index >= 15 is 0 Å². The van der Waals surface area contributed by atoms with E-state index < -0.39 is 17.9 Å². The highest BCUT2D eigenvalue weighted by molar-refractivity contribution is 8.00. The molecule has 0 spiro atoms. The maximum absolute atomic E-state index is 12.3. The van der Waals surface area contributed by atoms with Crippen LogP contribution in [0.25, 0.3) is 0 Å². The second kappa shape index (κ2) is 7.04. The van der Waals surface area contributed by atoms with E-state index in [1.54, 1.807) is 18.2 Å². The summed E-state index contributed by atoms with van der Waals surface area (Å²) in [5, 5.41) is 14.3. The average molecular weight is 336 g/mol. The van der Waals surface area contributed by atoms with Crippen LogP contribution in [-0.2, 0) is 9.59 Å². The van der Waals surface area contributed by atoms with Gasteiger partial charge in [-0.15, -0.1) is 11.8 Å². The monoisotopic (exact) mass is 336 g/mol. The number of rotatable bonds is 5. The molecule has 2 unspecified atom stereocenters. The second-order valence-corrected chi connectivity index (χ2v) is 7.34. The van der Waals surface area contributed by atoms with Crippen molar-refractivity contribution < 1.29 is 19.5 Å². The van der Waals surface area contributed by atoms with E-state index in [0.717, 1.165) is 4.90 Å². The number of amides is 2. The summed E-state index contributed by atoms with van der Waals surface area (Å²) in [6, 6.07) is 4.06. The van der Waals surface area contributed by atoms with Crippen molar-refractivity contribution >= 4 is 35.2 Å². The fraction of sp³-hybridized carbons (Fsp3) is 0.438. The Balaban J connectivity index is 2.15. The lowest BCUT2D eigenvalue weighted by atomic mass is 10.0. The second-order valence-electron chi connectivity index (χ2n) is 5.95. The molecular formula is C16H20N2O4S. The maximum Gasteiger partial charge on any atom is 0.326 e. The van der Waals surface area contributed by atoms with Crippen LogP contribution < -0.4 is 10.6 Å². The molecule has 23 heavy (non-hydrogen) atoms. The standard InChI is InChI=1S/C16H20N2O4S/c1-8(2)6-12(16(21)22)18-15(20)10-4-5-13-11(7-10)17-14(19)9(3)23-13/h4-5,7-9,12H,6H2,1-3H3,(H,17,19)(H,18,20)(H,21,22). The summed E-state index contributed by atoms with van der Waals surface area (Å²) < 4.78 is 0. The molecule has 0 saturated heterocycles. The van der Waals surface area contributed by atoms with Gasteiger partial charge in [0.15, 0.2) is 0 Å². The number of benzene rings is 1. The van der Waals surface area contributed by atoms with E-state index in [-0.39, 0.29) is 17.1 Å². The summed E-state index contributed by atoms with van der Waals surface area (Å²) in [4.78, 5) is 36.1. The minimum Gasteiger partial charge on any atom is -0.480 e. The predicted molar refractivity (Wildman–Crippen MR) is 88.7 cm³/mol. The van der Waals surface area contributed by atoms with Crippen molar-refractivity contribution in [3.63, 3.8) is 0 Å². The van der Waals surface area contributed by atoms with Gasteiger partial charge in [0.1, 0.15) is 6.04 Å². The zero-order valence-electron chi connectivity index (χ0n) is 13.3. The number of hydrogen-bond acceptors (Lipinski definition) is 4. The van der Waals surface area contributed by atoms with Crippen molar-refractivity contribution in [2.45, 2.75) is 43.4 Å². The van der Waals surface area contributed by atoms with Crippen molar-refractivity contribution in [1.82, 2.24) is 5.32 Å². The van der Waals surface area contributed by atoms with Crippen LogP contribution in [0.5, 0.6) is 0 Å². The number of hydrogen-bond donors (Lipinski definition) is 3. The fourth-order valence-corrected chi connectivity index (χ4v) is 3.21. The summed E-state index contributed by atoms with van der Waals surface area (Å²) in [5.41, 5.74) is 0.913. The van der Waals surface area contributed by atoms with E-state index in [2.05, 4.69) is 10.6 Å². The molecule has 2 amide bonds. The number of carboxylic acids is 1. The summed E-state index contributed by atoms with van der Waals surface area (Å²) in [7, 11) is 0. The highest BCUT2D eigenvalue weighted by atomic mass is 32.2. The predicted octanol–water partition coefficient (Wildman–Crippen LogP) is 2.35. The van der Waals surface area contributed by atoms with Gasteiger partial charge in [0.05, 0.1) is 10.9 Å². The van der Waals surface area contributed by atoms with Crippen LogP contribution >= 0.6 is 11.8 Å². The third kappa shape index (κ3) is 4.25. The van der Waals surface area contributed by atoms with E-state index in [1.165, 1.54) is 11.8 Å². The van der Waals surface area contributed by atoms with Crippen LogP contribution in [0.3, 0.4) is 0 Å². The van der Waals surface area contributed by atoms with Gasteiger partial charge in [-0.05, 0) is 37.5 Å². The summed E-state index contributed by atoms with van der Waals surface area (Å²) in [6.45, 7) is 5.61. The Morgan fingerprint density at radius 3 is 2.70 bits per heavy atom. The average Bonchev–Trinajstić information content (AvgIpc) is 2.46. The molecule has 1 aliphatic heterocycles. The van der Waals surface area contributed by atoms with Gasteiger partial charge in [0.25, 0.3) is 5.91 Å². The van der Waals surface area contributed by atoms with Crippen molar-refractivity contribution in [3.05, 3.63) is 23.8 Å². The first-order valence-electron chi connectivity index (χ1n) is 7.43. The Kier molecular flexibility index (Phi) is 5.30. The van der Waals surface area contributed by atoms with E-state index in [4.69, 9.17) is 0 Å². The topological polar surface area (TPSA) is 95.5 Å². The number of fused-ring (bicyclic) bond motifs is 1.